The van der Waals surface area contributed by atoms with E-state index < -0.39 is 0 Å². The molecule has 0 aliphatic rings. The van der Waals surface area contributed by atoms with Gasteiger partial charge in [0.05, 0.1) is 0 Å². The SMILES string of the molecule is CCCCCCCCCC(=O)OC(C)c1ccc(O)cc1. The van der Waals surface area contributed by atoms with Crippen LogP contribution in [0.25, 0.3) is 0 Å². The van der Waals surface area contributed by atoms with Gasteiger partial charge >= 0.3 is 5.97 Å². The summed E-state index contributed by atoms with van der Waals surface area (Å²) in [6, 6.07) is 6.77. The van der Waals surface area contributed by atoms with Gasteiger partial charge in [-0.1, -0.05) is 57.6 Å². The number of carbonyl (C=O) groups is 1. The van der Waals surface area contributed by atoms with Gasteiger partial charge in [0.15, 0.2) is 0 Å². The van der Waals surface area contributed by atoms with Crippen molar-refractivity contribution in [1.29, 1.82) is 0 Å². The Bertz CT molecular complexity index is 397. The first-order valence-electron chi connectivity index (χ1n) is 8.12. The van der Waals surface area contributed by atoms with Crippen LogP contribution in [0.3, 0.4) is 0 Å². The Balaban J connectivity index is 2.14. The Morgan fingerprint density at radius 2 is 1.62 bits per heavy atom. The second kappa shape index (κ2) is 10.3. The lowest BCUT2D eigenvalue weighted by Crippen LogP contribution is -2.08. The molecule has 118 valence electrons. The van der Waals surface area contributed by atoms with Crippen molar-refractivity contribution in [1.82, 2.24) is 0 Å². The zero-order chi connectivity index (χ0) is 15.5. The summed E-state index contributed by atoms with van der Waals surface area (Å²) in [5, 5.41) is 9.23. The minimum Gasteiger partial charge on any atom is -0.508 e. The quantitative estimate of drug-likeness (QED) is 0.480. The molecular weight excluding hydrogens is 264 g/mol. The molecule has 1 rings (SSSR count). The first kappa shape index (κ1) is 17.5. The molecule has 21 heavy (non-hydrogen) atoms. The highest BCUT2D eigenvalue weighted by Crippen LogP contribution is 2.20. The van der Waals surface area contributed by atoms with Crippen LogP contribution in [0.5, 0.6) is 5.75 Å². The second-order valence-electron chi connectivity index (χ2n) is 5.59. The molecule has 1 aromatic carbocycles. The molecule has 0 saturated heterocycles. The summed E-state index contributed by atoms with van der Waals surface area (Å²) >= 11 is 0. The van der Waals surface area contributed by atoms with Crippen LogP contribution < -0.4 is 0 Å². The Labute approximate surface area is 128 Å². The van der Waals surface area contributed by atoms with E-state index >= 15 is 0 Å². The molecule has 0 heterocycles. The Hall–Kier alpha value is -1.51. The maximum atomic E-state index is 11.8. The molecule has 0 radical (unpaired) electrons. The van der Waals surface area contributed by atoms with Crippen molar-refractivity contribution >= 4 is 5.97 Å². The van der Waals surface area contributed by atoms with E-state index in [4.69, 9.17) is 4.74 Å². The monoisotopic (exact) mass is 292 g/mol. The average Bonchev–Trinajstić information content (AvgIpc) is 2.47. The minimum absolute atomic E-state index is 0.135. The lowest BCUT2D eigenvalue weighted by Gasteiger charge is -2.13. The maximum absolute atomic E-state index is 11.8. The number of benzene rings is 1. The van der Waals surface area contributed by atoms with E-state index in [-0.39, 0.29) is 17.8 Å². The highest BCUT2D eigenvalue weighted by Gasteiger charge is 2.11. The maximum Gasteiger partial charge on any atom is 0.306 e. The van der Waals surface area contributed by atoms with Crippen molar-refractivity contribution in [2.24, 2.45) is 0 Å². The number of hydrogen-bond donors (Lipinski definition) is 1. The standard InChI is InChI=1S/C18H28O3/c1-3-4-5-6-7-8-9-10-18(20)21-15(2)16-11-13-17(19)14-12-16/h11-15,19H,3-10H2,1-2H3. The van der Waals surface area contributed by atoms with Gasteiger partial charge in [0, 0.05) is 6.42 Å². The first-order chi connectivity index (χ1) is 10.1. The summed E-state index contributed by atoms with van der Waals surface area (Å²) < 4.78 is 5.40. The van der Waals surface area contributed by atoms with E-state index in [1.54, 1.807) is 24.3 Å². The zero-order valence-corrected chi connectivity index (χ0v) is 13.3. The van der Waals surface area contributed by atoms with Gasteiger partial charge in [-0.15, -0.1) is 0 Å². The molecule has 0 spiro atoms. The van der Waals surface area contributed by atoms with Crippen LogP contribution in [-0.2, 0) is 9.53 Å². The van der Waals surface area contributed by atoms with Crippen LogP contribution in [-0.4, -0.2) is 11.1 Å². The molecule has 0 fully saturated rings. The highest BCUT2D eigenvalue weighted by atomic mass is 16.5. The first-order valence-corrected chi connectivity index (χ1v) is 8.12. The molecule has 0 aliphatic heterocycles. The molecule has 0 aliphatic carbocycles. The number of rotatable bonds is 10. The lowest BCUT2D eigenvalue weighted by atomic mass is 10.1. The van der Waals surface area contributed by atoms with E-state index in [0.29, 0.717) is 6.42 Å². The molecule has 1 aromatic rings. The van der Waals surface area contributed by atoms with Crippen LogP contribution in [0.1, 0.15) is 76.9 Å². The van der Waals surface area contributed by atoms with Crippen molar-refractivity contribution in [2.45, 2.75) is 71.3 Å². The Kier molecular flexibility index (Phi) is 8.56. The van der Waals surface area contributed by atoms with E-state index in [9.17, 15) is 9.90 Å². The molecule has 1 atom stereocenters. The third-order valence-electron chi connectivity index (χ3n) is 3.66. The van der Waals surface area contributed by atoms with Gasteiger partial charge in [-0.2, -0.15) is 0 Å². The zero-order valence-electron chi connectivity index (χ0n) is 13.3. The molecular formula is C18H28O3. The van der Waals surface area contributed by atoms with Crippen molar-refractivity contribution in [3.8, 4) is 5.75 Å². The van der Waals surface area contributed by atoms with Crippen LogP contribution in [0.2, 0.25) is 0 Å². The number of esters is 1. The van der Waals surface area contributed by atoms with Crippen molar-refractivity contribution in [3.63, 3.8) is 0 Å². The van der Waals surface area contributed by atoms with Crippen molar-refractivity contribution < 1.29 is 14.6 Å². The molecule has 3 heteroatoms. The summed E-state index contributed by atoms with van der Waals surface area (Å²) in [6.07, 6.45) is 8.61. The predicted octanol–water partition coefficient (Wildman–Crippen LogP) is 5.14. The Morgan fingerprint density at radius 3 is 2.24 bits per heavy atom. The van der Waals surface area contributed by atoms with Gasteiger partial charge in [-0.05, 0) is 31.0 Å². The van der Waals surface area contributed by atoms with Crippen molar-refractivity contribution in [3.05, 3.63) is 29.8 Å². The third-order valence-corrected chi connectivity index (χ3v) is 3.66. The van der Waals surface area contributed by atoms with Crippen LogP contribution in [0.4, 0.5) is 0 Å². The van der Waals surface area contributed by atoms with Gasteiger partial charge in [0.2, 0.25) is 0 Å². The van der Waals surface area contributed by atoms with Crippen molar-refractivity contribution in [2.75, 3.05) is 0 Å². The summed E-state index contributed by atoms with van der Waals surface area (Å²) in [5.41, 5.74) is 0.903. The summed E-state index contributed by atoms with van der Waals surface area (Å²) in [4.78, 5) is 11.8. The van der Waals surface area contributed by atoms with E-state index in [2.05, 4.69) is 6.92 Å². The fraction of sp³-hybridized carbons (Fsp3) is 0.611. The van der Waals surface area contributed by atoms with Gasteiger partial charge in [-0.25, -0.2) is 0 Å². The van der Waals surface area contributed by atoms with Crippen LogP contribution >= 0.6 is 0 Å². The van der Waals surface area contributed by atoms with Gasteiger partial charge < -0.3 is 9.84 Å². The number of aromatic hydroxyl groups is 1. The molecule has 0 bridgehead atoms. The van der Waals surface area contributed by atoms with Gasteiger partial charge in [0.1, 0.15) is 11.9 Å². The normalized spacial score (nSPS) is 12.1. The summed E-state index contributed by atoms with van der Waals surface area (Å²) in [5.74, 6) is 0.0875. The predicted molar refractivity (Wildman–Crippen MR) is 85.2 cm³/mol. The number of ether oxygens (including phenoxy) is 1. The molecule has 1 unspecified atom stereocenters. The average molecular weight is 292 g/mol. The third kappa shape index (κ3) is 7.74. The molecule has 1 N–H and O–H groups in total. The molecule has 3 nitrogen and oxygen atoms in total. The minimum atomic E-state index is -0.261. The van der Waals surface area contributed by atoms with E-state index in [1.165, 1.54) is 32.1 Å². The fourth-order valence-corrected chi connectivity index (χ4v) is 2.30. The van der Waals surface area contributed by atoms with Gasteiger partial charge in [0.25, 0.3) is 0 Å². The van der Waals surface area contributed by atoms with E-state index in [1.807, 2.05) is 6.92 Å². The number of unbranched alkanes of at least 4 members (excludes halogenated alkanes) is 6. The number of phenols is 1. The largest absolute Gasteiger partial charge is 0.508 e. The highest BCUT2D eigenvalue weighted by molar-refractivity contribution is 5.69. The summed E-state index contributed by atoms with van der Waals surface area (Å²) in [7, 11) is 0. The molecule has 0 aromatic heterocycles. The second-order valence-corrected chi connectivity index (χ2v) is 5.59. The smallest absolute Gasteiger partial charge is 0.306 e. The lowest BCUT2D eigenvalue weighted by molar-refractivity contribution is -0.148. The van der Waals surface area contributed by atoms with E-state index in [0.717, 1.165) is 18.4 Å². The fourth-order valence-electron chi connectivity index (χ4n) is 2.30. The number of hydrogen-bond acceptors (Lipinski definition) is 3. The topological polar surface area (TPSA) is 46.5 Å². The van der Waals surface area contributed by atoms with Crippen LogP contribution in [0, 0.1) is 0 Å². The summed E-state index contributed by atoms with van der Waals surface area (Å²) in [6.45, 7) is 4.07. The number of carbonyl (C=O) groups excluding carboxylic acids is 1. The number of phenolic OH excluding ortho intramolecular Hbond substituents is 1. The molecule has 0 amide bonds. The van der Waals surface area contributed by atoms with Crippen LogP contribution in [0.15, 0.2) is 24.3 Å². The Morgan fingerprint density at radius 1 is 1.05 bits per heavy atom. The molecule has 0 saturated carbocycles. The van der Waals surface area contributed by atoms with Gasteiger partial charge in [-0.3, -0.25) is 4.79 Å².